The van der Waals surface area contributed by atoms with Crippen LogP contribution in [0, 0.1) is 0 Å². The summed E-state index contributed by atoms with van der Waals surface area (Å²) in [5.41, 5.74) is 3.24. The molecule has 0 aliphatic heterocycles. The van der Waals surface area contributed by atoms with E-state index in [-0.39, 0.29) is 32.9 Å². The summed E-state index contributed by atoms with van der Waals surface area (Å²) in [4.78, 5) is 0. The van der Waals surface area contributed by atoms with Gasteiger partial charge in [-0.05, 0) is 26.8 Å². The van der Waals surface area contributed by atoms with Gasteiger partial charge in [-0.2, -0.15) is 40.6 Å². The second-order valence-electron chi connectivity index (χ2n) is 14.9. The number of hydrogen-bond acceptors (Lipinski definition) is 0. The quantitative estimate of drug-likeness (QED) is 0.189. The molecule has 0 amide bonds. The van der Waals surface area contributed by atoms with E-state index in [2.05, 4.69) is 145 Å². The Labute approximate surface area is 234 Å². The van der Waals surface area contributed by atoms with Gasteiger partial charge in [-0.1, -0.05) is 117 Å². The minimum absolute atomic E-state index is 0. The Hall–Kier alpha value is 0.296. The SMILES string of the molecule is CC(C)(C)P(Cc1cc[cH-]c1CP(C(C)(C)C)C(C)(C)C)C(C)(C)C.C[Si](C)(C)c1ccc[cH-]1.[Fe+2]. The van der Waals surface area contributed by atoms with Crippen molar-refractivity contribution in [3.8, 4) is 0 Å². The Morgan fingerprint density at radius 3 is 1.37 bits per heavy atom. The van der Waals surface area contributed by atoms with Crippen molar-refractivity contribution >= 4 is 29.1 Å². The molecular weight excluding hydrogens is 518 g/mol. The fraction of sp³-hybridized carbons (Fsp3) is 0.677. The molecule has 0 aliphatic rings. The van der Waals surface area contributed by atoms with Gasteiger partial charge in [0.05, 0.1) is 8.07 Å². The molecule has 0 nitrogen and oxygen atoms in total. The maximum absolute atomic E-state index is 2.43. The summed E-state index contributed by atoms with van der Waals surface area (Å²) in [5, 5.41) is 3.12. The zero-order chi connectivity index (χ0) is 26.8. The van der Waals surface area contributed by atoms with E-state index in [1.54, 1.807) is 16.3 Å². The summed E-state index contributed by atoms with van der Waals surface area (Å²) >= 11 is 0. The topological polar surface area (TPSA) is 0 Å². The molecular formula is C31H56FeP2Si. The van der Waals surface area contributed by atoms with Crippen LogP contribution >= 0.6 is 15.8 Å². The average molecular weight is 575 g/mol. The second kappa shape index (κ2) is 12.9. The summed E-state index contributed by atoms with van der Waals surface area (Å²) in [5.74, 6) is 0. The van der Waals surface area contributed by atoms with Crippen molar-refractivity contribution in [1.82, 2.24) is 0 Å². The van der Waals surface area contributed by atoms with Gasteiger partial charge in [0.15, 0.2) is 0 Å². The van der Waals surface area contributed by atoms with Gasteiger partial charge < -0.3 is 0 Å². The van der Waals surface area contributed by atoms with Crippen LogP contribution in [-0.4, -0.2) is 28.7 Å². The Bertz CT molecular complexity index is 768. The maximum atomic E-state index is 2.43. The van der Waals surface area contributed by atoms with Crippen LogP contribution < -0.4 is 5.19 Å². The fourth-order valence-electron chi connectivity index (χ4n) is 4.98. The van der Waals surface area contributed by atoms with Crippen LogP contribution in [0.1, 0.15) is 94.2 Å². The van der Waals surface area contributed by atoms with E-state index in [1.165, 1.54) is 12.3 Å². The van der Waals surface area contributed by atoms with Crippen LogP contribution in [0.2, 0.25) is 19.6 Å². The molecule has 0 radical (unpaired) electrons. The third-order valence-electron chi connectivity index (χ3n) is 6.43. The van der Waals surface area contributed by atoms with Gasteiger partial charge in [-0.15, -0.1) is 7.92 Å². The van der Waals surface area contributed by atoms with Crippen molar-refractivity contribution in [2.75, 3.05) is 0 Å². The zero-order valence-electron chi connectivity index (χ0n) is 25.7. The fourth-order valence-corrected chi connectivity index (χ4v) is 13.4. The molecule has 202 valence electrons. The van der Waals surface area contributed by atoms with Gasteiger partial charge >= 0.3 is 17.1 Å². The molecule has 0 atom stereocenters. The normalized spacial score (nSPS) is 13.5. The summed E-state index contributed by atoms with van der Waals surface area (Å²) in [6, 6.07) is 15.8. The van der Waals surface area contributed by atoms with Gasteiger partial charge in [0.25, 0.3) is 0 Å². The van der Waals surface area contributed by atoms with Crippen molar-refractivity contribution in [2.45, 2.75) is 136 Å². The van der Waals surface area contributed by atoms with Crippen molar-refractivity contribution in [1.29, 1.82) is 0 Å². The predicted molar refractivity (Wildman–Crippen MR) is 167 cm³/mol. The molecule has 0 aromatic heterocycles. The first kappa shape index (κ1) is 35.3. The van der Waals surface area contributed by atoms with Crippen LogP contribution in [0.5, 0.6) is 0 Å². The van der Waals surface area contributed by atoms with Crippen molar-refractivity contribution in [3.63, 3.8) is 0 Å². The first-order chi connectivity index (χ1) is 15.0. The van der Waals surface area contributed by atoms with E-state index in [9.17, 15) is 0 Å². The van der Waals surface area contributed by atoms with E-state index >= 15 is 0 Å². The molecule has 0 heterocycles. The molecule has 4 heteroatoms. The van der Waals surface area contributed by atoms with Crippen molar-refractivity contribution < 1.29 is 17.1 Å². The molecule has 35 heavy (non-hydrogen) atoms. The van der Waals surface area contributed by atoms with Crippen LogP contribution in [-0.2, 0) is 29.4 Å². The monoisotopic (exact) mass is 574 g/mol. The third kappa shape index (κ3) is 11.7. The molecule has 0 fully saturated rings. The third-order valence-corrected chi connectivity index (χ3v) is 16.3. The van der Waals surface area contributed by atoms with Crippen molar-refractivity contribution in [3.05, 3.63) is 53.6 Å². The Morgan fingerprint density at radius 1 is 0.629 bits per heavy atom. The zero-order valence-corrected chi connectivity index (χ0v) is 29.6. The molecule has 0 bridgehead atoms. The largest absolute Gasteiger partial charge is 2.00 e. The summed E-state index contributed by atoms with van der Waals surface area (Å²) in [6.45, 7) is 36.3. The molecule has 0 saturated carbocycles. The Balaban J connectivity index is 0.000000968. The van der Waals surface area contributed by atoms with Crippen LogP contribution in [0.3, 0.4) is 0 Å². The molecule has 0 aliphatic carbocycles. The summed E-state index contributed by atoms with van der Waals surface area (Å²) < 4.78 is 0. The van der Waals surface area contributed by atoms with Crippen molar-refractivity contribution in [2.24, 2.45) is 0 Å². The summed E-state index contributed by atoms with van der Waals surface area (Å²) in [7, 11) is -1.15. The average Bonchev–Trinajstić information content (AvgIpc) is 3.25. The van der Waals surface area contributed by atoms with Gasteiger partial charge in [0.1, 0.15) is 0 Å². The molecule has 0 saturated heterocycles. The van der Waals surface area contributed by atoms with E-state index in [0.717, 1.165) is 0 Å². The minimum Gasteiger partial charge on any atom is -0.214 e. The molecule has 2 aromatic carbocycles. The molecule has 0 unspecified atom stereocenters. The second-order valence-corrected chi connectivity index (χ2v) is 27.6. The number of rotatable bonds is 5. The first-order valence-corrected chi connectivity index (χ1v) is 19.6. The minimum atomic E-state index is -0.981. The van der Waals surface area contributed by atoms with Gasteiger partial charge in [0, 0.05) is 0 Å². The van der Waals surface area contributed by atoms with E-state index in [0.29, 0.717) is 20.6 Å². The standard InChI is InChI=1S/C23H43P2.C8H13Si.Fe/c1-20(2,3)24(21(4,5)6)16-18-14-13-15-19(18)17-25(22(7,8)9)23(10,11)12;1-9(2,3)8-6-4-5-7-8;/h13-15H,16-17H2,1-12H3;4-7H,1-3H3;/q2*-1;+2. The van der Waals surface area contributed by atoms with Crippen LogP contribution in [0.4, 0.5) is 0 Å². The van der Waals surface area contributed by atoms with E-state index < -0.39 is 8.07 Å². The maximum Gasteiger partial charge on any atom is 2.00 e. The van der Waals surface area contributed by atoms with E-state index in [4.69, 9.17) is 0 Å². The molecule has 0 N–H and O–H groups in total. The van der Waals surface area contributed by atoms with Crippen LogP contribution in [0.25, 0.3) is 0 Å². The molecule has 0 spiro atoms. The smallest absolute Gasteiger partial charge is 0.214 e. The van der Waals surface area contributed by atoms with Gasteiger partial charge in [-0.3, -0.25) is 0 Å². The van der Waals surface area contributed by atoms with E-state index in [1.807, 2.05) is 0 Å². The Kier molecular flexibility index (Phi) is 13.0. The Morgan fingerprint density at radius 2 is 1.06 bits per heavy atom. The molecule has 2 rings (SSSR count). The number of hydrogen-bond donors (Lipinski definition) is 0. The van der Waals surface area contributed by atoms with Gasteiger partial charge in [0.2, 0.25) is 0 Å². The first-order valence-electron chi connectivity index (χ1n) is 13.1. The summed E-state index contributed by atoms with van der Waals surface area (Å²) in [6.07, 6.45) is 2.53. The predicted octanol–water partition coefficient (Wildman–Crippen LogP) is 10.5. The molecule has 2 aromatic rings. The van der Waals surface area contributed by atoms with Gasteiger partial charge in [-0.25, -0.2) is 18.2 Å². The van der Waals surface area contributed by atoms with Crippen LogP contribution in [0.15, 0.2) is 42.5 Å².